The van der Waals surface area contributed by atoms with Gasteiger partial charge < -0.3 is 14.6 Å². The normalized spacial score (nSPS) is 26.6. The van der Waals surface area contributed by atoms with Crippen LogP contribution in [-0.2, 0) is 16.6 Å². The Hall–Kier alpha value is -1.08. The van der Waals surface area contributed by atoms with Crippen LogP contribution >= 0.6 is 11.8 Å². The Morgan fingerprint density at radius 1 is 1.58 bits per heavy atom. The molecule has 2 rings (SSSR count). The molecule has 1 N–H and O–H groups in total. The second kappa shape index (κ2) is 5.50. The molecule has 2 atom stereocenters. The number of esters is 1. The number of rotatable bonds is 4. The first kappa shape index (κ1) is 14.3. The van der Waals surface area contributed by atoms with Gasteiger partial charge in [-0.2, -0.15) is 0 Å². The molecule has 1 aliphatic rings. The van der Waals surface area contributed by atoms with E-state index >= 15 is 0 Å². The van der Waals surface area contributed by atoms with Gasteiger partial charge in [0.05, 0.1) is 7.11 Å². The van der Waals surface area contributed by atoms with Crippen LogP contribution in [0.25, 0.3) is 0 Å². The van der Waals surface area contributed by atoms with Crippen molar-refractivity contribution in [3.05, 3.63) is 5.82 Å². The monoisotopic (exact) mass is 284 g/mol. The van der Waals surface area contributed by atoms with Crippen molar-refractivity contribution in [1.29, 1.82) is 0 Å². The zero-order chi connectivity index (χ0) is 14.0. The van der Waals surface area contributed by atoms with E-state index < -0.39 is 5.54 Å². The third-order valence-corrected chi connectivity index (χ3v) is 5.15. The van der Waals surface area contributed by atoms with Crippen LogP contribution in [0.2, 0.25) is 0 Å². The highest BCUT2D eigenvalue weighted by Gasteiger charge is 2.45. The maximum atomic E-state index is 11.9. The number of hydrogen-bond donors (Lipinski definition) is 1. The van der Waals surface area contributed by atoms with E-state index in [1.807, 2.05) is 25.6 Å². The molecule has 0 spiro atoms. The fourth-order valence-electron chi connectivity index (χ4n) is 2.45. The lowest BCUT2D eigenvalue weighted by Crippen LogP contribution is -2.49. The summed E-state index contributed by atoms with van der Waals surface area (Å²) in [6.07, 6.45) is 2.52. The van der Waals surface area contributed by atoms with Crippen molar-refractivity contribution < 1.29 is 9.53 Å². The molecule has 1 saturated carbocycles. The molecule has 2 unspecified atom stereocenters. The zero-order valence-corrected chi connectivity index (χ0v) is 12.6. The van der Waals surface area contributed by atoms with E-state index in [4.69, 9.17) is 4.74 Å². The minimum Gasteiger partial charge on any atom is -0.468 e. The molecule has 106 valence electrons. The van der Waals surface area contributed by atoms with Gasteiger partial charge in [0, 0.05) is 12.3 Å². The van der Waals surface area contributed by atoms with Crippen LogP contribution in [0.5, 0.6) is 0 Å². The number of carbonyl (C=O) groups is 1. The average molecular weight is 284 g/mol. The second-order valence-corrected chi connectivity index (χ2v) is 6.16. The molecule has 1 fully saturated rings. The summed E-state index contributed by atoms with van der Waals surface area (Å²) in [5.74, 6) is 0.723. The number of aryl methyl sites for hydroxylation is 1. The van der Waals surface area contributed by atoms with Crippen molar-refractivity contribution in [3.8, 4) is 0 Å². The second-order valence-electron chi connectivity index (χ2n) is 4.90. The van der Waals surface area contributed by atoms with Gasteiger partial charge in [0.15, 0.2) is 5.16 Å². The van der Waals surface area contributed by atoms with E-state index in [0.717, 1.165) is 30.2 Å². The largest absolute Gasteiger partial charge is 0.468 e. The van der Waals surface area contributed by atoms with Gasteiger partial charge in [0.1, 0.15) is 11.4 Å². The number of nitrogens with one attached hydrogen (secondary N) is 1. The number of ether oxygens (including phenoxy) is 1. The first-order valence-corrected chi connectivity index (χ1v) is 7.20. The topological polar surface area (TPSA) is 69.0 Å². The number of nitrogens with zero attached hydrogens (tertiary/aromatic N) is 3. The molecular weight excluding hydrogens is 264 g/mol. The van der Waals surface area contributed by atoms with E-state index in [1.54, 1.807) is 11.8 Å². The molecular formula is C12H20N4O2S. The first-order chi connectivity index (χ1) is 9.02. The van der Waals surface area contributed by atoms with Gasteiger partial charge in [-0.1, -0.05) is 11.8 Å². The Balaban J connectivity index is 2.06. The van der Waals surface area contributed by atoms with E-state index in [0.29, 0.717) is 5.25 Å². The Morgan fingerprint density at radius 2 is 2.32 bits per heavy atom. The molecule has 1 aromatic rings. The van der Waals surface area contributed by atoms with Crippen molar-refractivity contribution in [3.63, 3.8) is 0 Å². The lowest BCUT2D eigenvalue weighted by Gasteiger charge is -2.25. The van der Waals surface area contributed by atoms with Crippen molar-refractivity contribution in [2.24, 2.45) is 7.05 Å². The number of carbonyl (C=O) groups excluding carboxylic acids is 1. The molecule has 0 bridgehead atoms. The van der Waals surface area contributed by atoms with Crippen LogP contribution in [0.3, 0.4) is 0 Å². The molecule has 0 saturated heterocycles. The SMILES string of the molecule is CNC1(C(=O)OC)CCC(Sc2nnc(C)n2C)C1. The maximum Gasteiger partial charge on any atom is 0.326 e. The molecule has 1 aliphatic carbocycles. The van der Waals surface area contributed by atoms with Gasteiger partial charge in [-0.15, -0.1) is 10.2 Å². The minimum atomic E-state index is -0.542. The van der Waals surface area contributed by atoms with Gasteiger partial charge in [-0.25, -0.2) is 0 Å². The van der Waals surface area contributed by atoms with Crippen LogP contribution in [0.15, 0.2) is 5.16 Å². The summed E-state index contributed by atoms with van der Waals surface area (Å²) in [6.45, 7) is 1.93. The van der Waals surface area contributed by atoms with Crippen LogP contribution in [-0.4, -0.2) is 45.7 Å². The van der Waals surface area contributed by atoms with Gasteiger partial charge in [-0.3, -0.25) is 4.79 Å². The number of thioether (sulfide) groups is 1. The van der Waals surface area contributed by atoms with Gasteiger partial charge in [-0.05, 0) is 33.2 Å². The summed E-state index contributed by atoms with van der Waals surface area (Å²) in [5, 5.41) is 12.6. The number of likely N-dealkylation sites (N-methyl/N-ethyl adjacent to an activating group) is 1. The van der Waals surface area contributed by atoms with Crippen molar-refractivity contribution in [1.82, 2.24) is 20.1 Å². The van der Waals surface area contributed by atoms with E-state index in [9.17, 15) is 4.79 Å². The van der Waals surface area contributed by atoms with Crippen LogP contribution in [0.4, 0.5) is 0 Å². The van der Waals surface area contributed by atoms with Crippen molar-refractivity contribution in [2.45, 2.75) is 42.1 Å². The first-order valence-electron chi connectivity index (χ1n) is 6.32. The van der Waals surface area contributed by atoms with Gasteiger partial charge in [0.25, 0.3) is 0 Å². The summed E-state index contributed by atoms with van der Waals surface area (Å²) >= 11 is 1.69. The summed E-state index contributed by atoms with van der Waals surface area (Å²) in [5.41, 5.74) is -0.542. The molecule has 1 heterocycles. The van der Waals surface area contributed by atoms with Crippen molar-refractivity contribution >= 4 is 17.7 Å². The standard InChI is InChI=1S/C12H20N4O2S/c1-8-14-15-11(16(8)3)19-9-5-6-12(7-9,13-2)10(17)18-4/h9,13H,5-7H2,1-4H3. The number of hydrogen-bond acceptors (Lipinski definition) is 6. The fourth-order valence-corrected chi connectivity index (χ4v) is 3.73. The quantitative estimate of drug-likeness (QED) is 0.829. The zero-order valence-electron chi connectivity index (χ0n) is 11.8. The molecule has 7 heteroatoms. The smallest absolute Gasteiger partial charge is 0.326 e. The fraction of sp³-hybridized carbons (Fsp3) is 0.750. The molecule has 0 radical (unpaired) electrons. The van der Waals surface area contributed by atoms with Crippen molar-refractivity contribution in [2.75, 3.05) is 14.2 Å². The molecule has 0 aromatic carbocycles. The lowest BCUT2D eigenvalue weighted by molar-refractivity contribution is -0.148. The highest BCUT2D eigenvalue weighted by atomic mass is 32.2. The van der Waals surface area contributed by atoms with Crippen LogP contribution in [0.1, 0.15) is 25.1 Å². The molecule has 19 heavy (non-hydrogen) atoms. The highest BCUT2D eigenvalue weighted by Crippen LogP contribution is 2.40. The third-order valence-electron chi connectivity index (χ3n) is 3.85. The third kappa shape index (κ3) is 2.62. The predicted octanol–water partition coefficient (Wildman–Crippen LogP) is 0.899. The Kier molecular flexibility index (Phi) is 4.15. The Bertz CT molecular complexity index is 476. The average Bonchev–Trinajstić information content (AvgIpc) is 2.98. The molecule has 0 aliphatic heterocycles. The summed E-state index contributed by atoms with van der Waals surface area (Å²) < 4.78 is 6.89. The van der Waals surface area contributed by atoms with Crippen LogP contribution < -0.4 is 5.32 Å². The van der Waals surface area contributed by atoms with E-state index in [2.05, 4.69) is 15.5 Å². The van der Waals surface area contributed by atoms with E-state index in [-0.39, 0.29) is 5.97 Å². The minimum absolute atomic E-state index is 0.174. The van der Waals surface area contributed by atoms with Gasteiger partial charge >= 0.3 is 5.97 Å². The van der Waals surface area contributed by atoms with Gasteiger partial charge in [0.2, 0.25) is 0 Å². The molecule has 1 aromatic heterocycles. The Morgan fingerprint density at radius 3 is 2.84 bits per heavy atom. The summed E-state index contributed by atoms with van der Waals surface area (Å²) in [4.78, 5) is 11.9. The predicted molar refractivity (Wildman–Crippen MR) is 73.0 cm³/mol. The molecule has 6 nitrogen and oxygen atoms in total. The van der Waals surface area contributed by atoms with E-state index in [1.165, 1.54) is 7.11 Å². The molecule has 0 amide bonds. The summed E-state index contributed by atoms with van der Waals surface area (Å²) in [6, 6.07) is 0. The lowest BCUT2D eigenvalue weighted by atomic mass is 9.98. The van der Waals surface area contributed by atoms with Crippen LogP contribution in [0, 0.1) is 6.92 Å². The number of methoxy groups -OCH3 is 1. The highest BCUT2D eigenvalue weighted by molar-refractivity contribution is 7.99. The number of aromatic nitrogens is 3. The Labute approximate surface area is 117 Å². The maximum absolute atomic E-state index is 11.9. The summed E-state index contributed by atoms with van der Waals surface area (Å²) in [7, 11) is 5.21.